The maximum atomic E-state index is 11.7. The molecule has 0 bridgehead atoms. The first-order valence-corrected chi connectivity index (χ1v) is 6.49. The zero-order valence-electron chi connectivity index (χ0n) is 8.96. The highest BCUT2D eigenvalue weighted by Crippen LogP contribution is 2.20. The van der Waals surface area contributed by atoms with Crippen LogP contribution in [0, 0.1) is 0 Å². The lowest BCUT2D eigenvalue weighted by atomic mass is 10.2. The van der Waals surface area contributed by atoms with E-state index in [0.717, 1.165) is 4.31 Å². The van der Waals surface area contributed by atoms with E-state index < -0.39 is 28.3 Å². The molecule has 8 heteroatoms. The van der Waals surface area contributed by atoms with Crippen LogP contribution in [-0.2, 0) is 15.0 Å². The number of hydrogen-bond acceptors (Lipinski definition) is 4. The van der Waals surface area contributed by atoms with Crippen LogP contribution >= 0.6 is 0 Å². The highest BCUT2D eigenvalue weighted by Gasteiger charge is 2.42. The SMILES string of the molecule is CCCNS(=O)(=O)N1CC(O)CC1C(=O)O. The number of aliphatic hydroxyl groups excluding tert-OH is 1. The van der Waals surface area contributed by atoms with Gasteiger partial charge in [0.25, 0.3) is 10.2 Å². The van der Waals surface area contributed by atoms with E-state index >= 15 is 0 Å². The normalized spacial score (nSPS) is 27.1. The Morgan fingerprint density at radius 1 is 1.56 bits per heavy atom. The van der Waals surface area contributed by atoms with Gasteiger partial charge in [-0.15, -0.1) is 0 Å². The number of carboxylic acids is 1. The molecule has 1 aliphatic heterocycles. The summed E-state index contributed by atoms with van der Waals surface area (Å²) in [7, 11) is -3.81. The van der Waals surface area contributed by atoms with Gasteiger partial charge in [0.15, 0.2) is 0 Å². The second kappa shape index (κ2) is 5.09. The van der Waals surface area contributed by atoms with Crippen LogP contribution in [0.25, 0.3) is 0 Å². The fraction of sp³-hybridized carbons (Fsp3) is 0.875. The van der Waals surface area contributed by atoms with Crippen molar-refractivity contribution >= 4 is 16.2 Å². The van der Waals surface area contributed by atoms with E-state index in [-0.39, 0.29) is 19.5 Å². The zero-order valence-corrected chi connectivity index (χ0v) is 9.77. The Kier molecular flexibility index (Phi) is 4.25. The minimum absolute atomic E-state index is 0.0671. The molecule has 0 spiro atoms. The van der Waals surface area contributed by atoms with Crippen LogP contribution in [0.1, 0.15) is 19.8 Å². The van der Waals surface area contributed by atoms with Crippen molar-refractivity contribution in [3.63, 3.8) is 0 Å². The van der Waals surface area contributed by atoms with Gasteiger partial charge in [-0.25, -0.2) is 4.72 Å². The van der Waals surface area contributed by atoms with Crippen molar-refractivity contribution < 1.29 is 23.4 Å². The maximum absolute atomic E-state index is 11.7. The largest absolute Gasteiger partial charge is 0.480 e. The molecule has 1 fully saturated rings. The molecule has 16 heavy (non-hydrogen) atoms. The Balaban J connectivity index is 2.81. The third-order valence-electron chi connectivity index (χ3n) is 2.36. The van der Waals surface area contributed by atoms with Gasteiger partial charge < -0.3 is 10.2 Å². The van der Waals surface area contributed by atoms with Crippen LogP contribution in [-0.4, -0.2) is 54.1 Å². The molecule has 2 atom stereocenters. The van der Waals surface area contributed by atoms with Crippen LogP contribution < -0.4 is 4.72 Å². The quantitative estimate of drug-likeness (QED) is 0.567. The number of nitrogens with zero attached hydrogens (tertiary/aromatic N) is 1. The van der Waals surface area contributed by atoms with Crippen LogP contribution in [0.5, 0.6) is 0 Å². The van der Waals surface area contributed by atoms with Gasteiger partial charge in [-0.3, -0.25) is 4.79 Å². The molecule has 3 N–H and O–H groups in total. The smallest absolute Gasteiger partial charge is 0.322 e. The second-order valence-corrected chi connectivity index (χ2v) is 5.42. The van der Waals surface area contributed by atoms with Crippen LogP contribution in [0.4, 0.5) is 0 Å². The lowest BCUT2D eigenvalue weighted by molar-refractivity contribution is -0.140. The minimum atomic E-state index is -3.81. The summed E-state index contributed by atoms with van der Waals surface area (Å²) in [6.07, 6.45) is -0.366. The average Bonchev–Trinajstić information content (AvgIpc) is 2.58. The van der Waals surface area contributed by atoms with E-state index in [2.05, 4.69) is 4.72 Å². The Morgan fingerprint density at radius 2 is 2.19 bits per heavy atom. The Bertz CT molecular complexity index is 355. The summed E-state index contributed by atoms with van der Waals surface area (Å²) in [5, 5.41) is 18.2. The monoisotopic (exact) mass is 252 g/mol. The van der Waals surface area contributed by atoms with Gasteiger partial charge >= 0.3 is 5.97 Å². The van der Waals surface area contributed by atoms with Crippen molar-refractivity contribution in [1.29, 1.82) is 0 Å². The molecule has 0 aromatic heterocycles. The minimum Gasteiger partial charge on any atom is -0.480 e. The van der Waals surface area contributed by atoms with E-state index in [1.165, 1.54) is 0 Å². The molecular weight excluding hydrogens is 236 g/mol. The number of aliphatic hydroxyl groups is 1. The fourth-order valence-corrected chi connectivity index (χ4v) is 3.10. The molecule has 1 heterocycles. The molecule has 0 amide bonds. The van der Waals surface area contributed by atoms with Gasteiger partial charge in [0.2, 0.25) is 0 Å². The molecule has 1 saturated heterocycles. The van der Waals surface area contributed by atoms with Gasteiger partial charge in [-0.2, -0.15) is 12.7 Å². The summed E-state index contributed by atoms with van der Waals surface area (Å²) >= 11 is 0. The van der Waals surface area contributed by atoms with Gasteiger partial charge in [0.1, 0.15) is 6.04 Å². The number of carbonyl (C=O) groups is 1. The summed E-state index contributed by atoms with van der Waals surface area (Å²) in [5.41, 5.74) is 0. The van der Waals surface area contributed by atoms with Crippen molar-refractivity contribution in [2.75, 3.05) is 13.1 Å². The van der Waals surface area contributed by atoms with E-state index in [1.54, 1.807) is 6.92 Å². The summed E-state index contributed by atoms with van der Waals surface area (Å²) < 4.78 is 26.5. The first-order chi connectivity index (χ1) is 7.38. The predicted octanol–water partition coefficient (Wildman–Crippen LogP) is -1.25. The van der Waals surface area contributed by atoms with Gasteiger partial charge in [0.05, 0.1) is 6.10 Å². The van der Waals surface area contributed by atoms with Crippen molar-refractivity contribution in [2.24, 2.45) is 0 Å². The van der Waals surface area contributed by atoms with Crippen molar-refractivity contribution in [3.05, 3.63) is 0 Å². The number of β-amino-alcohol motifs (C(OH)–C–C–N with tert-alkyl or cyclic N) is 1. The first-order valence-electron chi connectivity index (χ1n) is 5.05. The third kappa shape index (κ3) is 2.91. The third-order valence-corrected chi connectivity index (χ3v) is 3.95. The highest BCUT2D eigenvalue weighted by atomic mass is 32.2. The van der Waals surface area contributed by atoms with Gasteiger partial charge in [0, 0.05) is 19.5 Å². The molecular formula is C8H16N2O5S. The Hall–Kier alpha value is -0.700. The van der Waals surface area contributed by atoms with E-state index in [1.807, 2.05) is 0 Å². The van der Waals surface area contributed by atoms with E-state index in [4.69, 9.17) is 5.11 Å². The Labute approximate surface area is 94.2 Å². The molecule has 94 valence electrons. The maximum Gasteiger partial charge on any atom is 0.322 e. The molecule has 1 rings (SSSR count). The molecule has 0 aliphatic carbocycles. The lowest BCUT2D eigenvalue weighted by Gasteiger charge is -2.20. The number of carboxylic acid groups (broad SMARTS) is 1. The summed E-state index contributed by atoms with van der Waals surface area (Å²) in [4.78, 5) is 10.8. The molecule has 2 unspecified atom stereocenters. The second-order valence-electron chi connectivity index (χ2n) is 3.71. The van der Waals surface area contributed by atoms with Gasteiger partial charge in [-0.1, -0.05) is 6.92 Å². The zero-order chi connectivity index (χ0) is 12.3. The molecule has 0 aromatic rings. The highest BCUT2D eigenvalue weighted by molar-refractivity contribution is 7.87. The molecule has 0 aromatic carbocycles. The summed E-state index contributed by atoms with van der Waals surface area (Å²) in [5.74, 6) is -1.24. The van der Waals surface area contributed by atoms with Crippen molar-refractivity contribution in [2.45, 2.75) is 31.9 Å². The number of rotatable bonds is 5. The van der Waals surface area contributed by atoms with Crippen molar-refractivity contribution in [1.82, 2.24) is 9.03 Å². The molecule has 7 nitrogen and oxygen atoms in total. The summed E-state index contributed by atoms with van der Waals surface area (Å²) in [6, 6.07) is -1.18. The van der Waals surface area contributed by atoms with E-state index in [0.29, 0.717) is 6.42 Å². The average molecular weight is 252 g/mol. The van der Waals surface area contributed by atoms with Crippen LogP contribution in [0.3, 0.4) is 0 Å². The van der Waals surface area contributed by atoms with Gasteiger partial charge in [-0.05, 0) is 6.42 Å². The van der Waals surface area contributed by atoms with Crippen LogP contribution in [0.2, 0.25) is 0 Å². The van der Waals surface area contributed by atoms with Crippen LogP contribution in [0.15, 0.2) is 0 Å². The van der Waals surface area contributed by atoms with E-state index in [9.17, 15) is 18.3 Å². The number of nitrogens with one attached hydrogen (secondary N) is 1. The fourth-order valence-electron chi connectivity index (χ4n) is 1.59. The molecule has 0 radical (unpaired) electrons. The number of hydrogen-bond donors (Lipinski definition) is 3. The topological polar surface area (TPSA) is 107 Å². The predicted molar refractivity (Wildman–Crippen MR) is 56.0 cm³/mol. The molecule has 0 saturated carbocycles. The summed E-state index contributed by atoms with van der Waals surface area (Å²) in [6.45, 7) is 1.88. The molecule has 1 aliphatic rings. The first kappa shape index (κ1) is 13.4. The van der Waals surface area contributed by atoms with Crippen molar-refractivity contribution in [3.8, 4) is 0 Å². The lowest BCUT2D eigenvalue weighted by Crippen LogP contribution is -2.46. The number of aliphatic carboxylic acids is 1. The Morgan fingerprint density at radius 3 is 2.69 bits per heavy atom. The standard InChI is InChI=1S/C8H16N2O5S/c1-2-3-9-16(14,15)10-5-6(11)4-7(10)8(12)13/h6-7,9,11H,2-5H2,1H3,(H,12,13).